The van der Waals surface area contributed by atoms with Gasteiger partial charge in [0.2, 0.25) is 21.8 Å². The standard InChI is InChI=1S/C25H31ClF3N3O4S/c1-6-22(24(34)30-16(2)3)31(14-18-9-7-8-17(4)12-18)23(33)15-32(37(5,35)36)19-10-11-21(26)20(13-19)25(27,28)29/h7-13,16,22H,6,14-15H2,1-5H3,(H,30,34)/t22-/m1/s1. The van der Waals surface area contributed by atoms with Crippen LogP contribution in [0.25, 0.3) is 0 Å². The highest BCUT2D eigenvalue weighted by Gasteiger charge is 2.36. The van der Waals surface area contributed by atoms with E-state index in [4.69, 9.17) is 11.6 Å². The summed E-state index contributed by atoms with van der Waals surface area (Å²) in [7, 11) is -4.20. The molecule has 1 N–H and O–H groups in total. The Bertz CT molecular complexity index is 1240. The summed E-state index contributed by atoms with van der Waals surface area (Å²) in [4.78, 5) is 27.8. The Hall–Kier alpha value is -2.79. The van der Waals surface area contributed by atoms with Crippen LogP contribution in [-0.2, 0) is 32.3 Å². The highest BCUT2D eigenvalue weighted by Crippen LogP contribution is 2.37. The molecule has 7 nitrogen and oxygen atoms in total. The van der Waals surface area contributed by atoms with Crippen LogP contribution in [0.4, 0.5) is 18.9 Å². The molecule has 2 amide bonds. The maximum Gasteiger partial charge on any atom is 0.417 e. The molecular formula is C25H31ClF3N3O4S. The number of rotatable bonds is 10. The van der Waals surface area contributed by atoms with E-state index in [1.165, 1.54) is 4.90 Å². The minimum Gasteiger partial charge on any atom is -0.352 e. The van der Waals surface area contributed by atoms with Gasteiger partial charge in [0.15, 0.2) is 0 Å². The molecule has 0 aromatic heterocycles. The first-order chi connectivity index (χ1) is 17.0. The van der Waals surface area contributed by atoms with E-state index in [0.717, 1.165) is 24.0 Å². The Balaban J connectivity index is 2.53. The number of nitrogens with zero attached hydrogens (tertiary/aromatic N) is 2. The minimum absolute atomic E-state index is 0.00342. The molecule has 0 aliphatic heterocycles. The third kappa shape index (κ3) is 8.36. The second-order valence-electron chi connectivity index (χ2n) is 9.03. The first kappa shape index (κ1) is 30.4. The Labute approximate surface area is 220 Å². The number of amides is 2. The van der Waals surface area contributed by atoms with Crippen LogP contribution in [0.1, 0.15) is 43.9 Å². The maximum atomic E-state index is 13.6. The average molecular weight is 562 g/mol. The summed E-state index contributed by atoms with van der Waals surface area (Å²) in [5.74, 6) is -1.17. The van der Waals surface area contributed by atoms with Crippen molar-refractivity contribution in [1.29, 1.82) is 0 Å². The van der Waals surface area contributed by atoms with E-state index in [1.807, 2.05) is 19.1 Å². The molecule has 12 heteroatoms. The number of sulfonamides is 1. The van der Waals surface area contributed by atoms with Crippen LogP contribution >= 0.6 is 11.6 Å². The van der Waals surface area contributed by atoms with Crippen LogP contribution in [0, 0.1) is 6.92 Å². The van der Waals surface area contributed by atoms with Crippen LogP contribution in [-0.4, -0.2) is 50.0 Å². The fraction of sp³-hybridized carbons (Fsp3) is 0.440. The molecule has 37 heavy (non-hydrogen) atoms. The van der Waals surface area contributed by atoms with Crippen LogP contribution < -0.4 is 9.62 Å². The van der Waals surface area contributed by atoms with Gasteiger partial charge >= 0.3 is 6.18 Å². The molecular weight excluding hydrogens is 531 g/mol. The fourth-order valence-electron chi connectivity index (χ4n) is 3.81. The Kier molecular flexibility index (Phi) is 10.0. The van der Waals surface area contributed by atoms with Gasteiger partial charge in [0.1, 0.15) is 12.6 Å². The van der Waals surface area contributed by atoms with Crippen molar-refractivity contribution in [3.05, 3.63) is 64.2 Å². The summed E-state index contributed by atoms with van der Waals surface area (Å²) in [5.41, 5.74) is 0.0268. The van der Waals surface area contributed by atoms with Crippen molar-refractivity contribution in [2.75, 3.05) is 17.1 Å². The van der Waals surface area contributed by atoms with Crippen molar-refractivity contribution in [1.82, 2.24) is 10.2 Å². The van der Waals surface area contributed by atoms with Gasteiger partial charge in [-0.1, -0.05) is 48.4 Å². The normalized spacial score (nSPS) is 12.8. The Morgan fingerprint density at radius 2 is 1.76 bits per heavy atom. The number of anilines is 1. The second kappa shape index (κ2) is 12.2. The smallest absolute Gasteiger partial charge is 0.352 e. The topological polar surface area (TPSA) is 86.8 Å². The molecule has 0 saturated carbocycles. The molecule has 2 aromatic carbocycles. The van der Waals surface area contributed by atoms with Crippen molar-refractivity contribution in [3.63, 3.8) is 0 Å². The molecule has 0 bridgehead atoms. The number of carbonyl (C=O) groups excluding carboxylic acids is 2. The lowest BCUT2D eigenvalue weighted by Crippen LogP contribution is -2.53. The molecule has 0 radical (unpaired) electrons. The average Bonchev–Trinajstić information content (AvgIpc) is 2.75. The molecule has 0 unspecified atom stereocenters. The second-order valence-corrected chi connectivity index (χ2v) is 11.3. The number of carbonyl (C=O) groups is 2. The van der Waals surface area contributed by atoms with Crippen LogP contribution in [0.15, 0.2) is 42.5 Å². The number of alkyl halides is 3. The minimum atomic E-state index is -4.83. The predicted octanol–water partition coefficient (Wildman–Crippen LogP) is 4.77. The summed E-state index contributed by atoms with van der Waals surface area (Å²) < 4.78 is 66.1. The molecule has 2 aromatic rings. The van der Waals surface area contributed by atoms with Crippen molar-refractivity contribution in [2.24, 2.45) is 0 Å². The van der Waals surface area contributed by atoms with Crippen LogP contribution in [0.3, 0.4) is 0 Å². The lowest BCUT2D eigenvalue weighted by Gasteiger charge is -2.33. The van der Waals surface area contributed by atoms with Crippen molar-refractivity contribution in [3.8, 4) is 0 Å². The van der Waals surface area contributed by atoms with Gasteiger partial charge in [0, 0.05) is 12.6 Å². The van der Waals surface area contributed by atoms with Crippen molar-refractivity contribution >= 4 is 39.1 Å². The van der Waals surface area contributed by atoms with E-state index in [9.17, 15) is 31.2 Å². The van der Waals surface area contributed by atoms with Gasteiger partial charge in [-0.3, -0.25) is 13.9 Å². The molecule has 0 fully saturated rings. The van der Waals surface area contributed by atoms with Gasteiger partial charge in [-0.2, -0.15) is 13.2 Å². The SMILES string of the molecule is CC[C@H](C(=O)NC(C)C)N(Cc1cccc(C)c1)C(=O)CN(c1ccc(Cl)c(C(F)(F)F)c1)S(C)(=O)=O. The lowest BCUT2D eigenvalue weighted by atomic mass is 10.1. The monoisotopic (exact) mass is 561 g/mol. The van der Waals surface area contributed by atoms with Gasteiger partial charge in [0.05, 0.1) is 22.5 Å². The Morgan fingerprint density at radius 1 is 1.11 bits per heavy atom. The first-order valence-electron chi connectivity index (χ1n) is 11.5. The zero-order valence-corrected chi connectivity index (χ0v) is 22.8. The van der Waals surface area contributed by atoms with Crippen LogP contribution in [0.2, 0.25) is 5.02 Å². The van der Waals surface area contributed by atoms with E-state index in [-0.39, 0.29) is 24.7 Å². The highest BCUT2D eigenvalue weighted by molar-refractivity contribution is 7.92. The summed E-state index contributed by atoms with van der Waals surface area (Å²) in [6.07, 6.45) is -3.82. The van der Waals surface area contributed by atoms with Gasteiger partial charge in [0.25, 0.3) is 0 Å². The quantitative estimate of drug-likeness (QED) is 0.453. The molecule has 1 atom stereocenters. The number of hydrogen-bond donors (Lipinski definition) is 1. The third-order valence-electron chi connectivity index (χ3n) is 5.47. The molecule has 0 heterocycles. The zero-order chi connectivity index (χ0) is 28.1. The van der Waals surface area contributed by atoms with Gasteiger partial charge in [-0.05, 0) is 51.0 Å². The number of benzene rings is 2. The van der Waals surface area contributed by atoms with Gasteiger partial charge in [-0.15, -0.1) is 0 Å². The summed E-state index contributed by atoms with van der Waals surface area (Å²) in [6, 6.07) is 8.72. The largest absolute Gasteiger partial charge is 0.417 e. The summed E-state index contributed by atoms with van der Waals surface area (Å²) in [6.45, 7) is 6.29. The molecule has 0 aliphatic carbocycles. The molecule has 0 spiro atoms. The fourth-order valence-corrected chi connectivity index (χ4v) is 4.87. The van der Waals surface area contributed by atoms with Crippen molar-refractivity contribution < 1.29 is 31.2 Å². The van der Waals surface area contributed by atoms with E-state index in [2.05, 4.69) is 5.32 Å². The van der Waals surface area contributed by atoms with Crippen molar-refractivity contribution in [2.45, 2.75) is 58.9 Å². The molecule has 0 saturated heterocycles. The first-order valence-corrected chi connectivity index (χ1v) is 13.8. The van der Waals surface area contributed by atoms with Crippen LogP contribution in [0.5, 0.6) is 0 Å². The maximum absolute atomic E-state index is 13.6. The number of hydrogen-bond acceptors (Lipinski definition) is 4. The molecule has 204 valence electrons. The number of nitrogens with one attached hydrogen (secondary N) is 1. The number of aryl methyl sites for hydroxylation is 1. The van der Waals surface area contributed by atoms with Gasteiger partial charge in [-0.25, -0.2) is 8.42 Å². The van der Waals surface area contributed by atoms with E-state index < -0.39 is 51.2 Å². The Morgan fingerprint density at radius 3 is 2.27 bits per heavy atom. The number of halogens is 4. The van der Waals surface area contributed by atoms with E-state index in [0.29, 0.717) is 15.9 Å². The zero-order valence-electron chi connectivity index (χ0n) is 21.3. The molecule has 0 aliphatic rings. The predicted molar refractivity (Wildman–Crippen MR) is 138 cm³/mol. The van der Waals surface area contributed by atoms with E-state index >= 15 is 0 Å². The highest BCUT2D eigenvalue weighted by atomic mass is 35.5. The third-order valence-corrected chi connectivity index (χ3v) is 6.94. The van der Waals surface area contributed by atoms with E-state index in [1.54, 1.807) is 32.9 Å². The van der Waals surface area contributed by atoms with Gasteiger partial charge < -0.3 is 10.2 Å². The summed E-state index contributed by atoms with van der Waals surface area (Å²) in [5, 5.41) is 2.16. The lowest BCUT2D eigenvalue weighted by molar-refractivity contribution is -0.140. The summed E-state index contributed by atoms with van der Waals surface area (Å²) >= 11 is 5.69. The molecule has 2 rings (SSSR count).